The van der Waals surface area contributed by atoms with E-state index in [2.05, 4.69) is 6.07 Å². The minimum atomic E-state index is 0.457. The lowest BCUT2D eigenvalue weighted by atomic mass is 10.1. The summed E-state index contributed by atoms with van der Waals surface area (Å²) in [6.45, 7) is 0.572. The molecule has 13 heavy (non-hydrogen) atoms. The molecule has 1 rings (SSSR count). The van der Waals surface area contributed by atoms with Crippen molar-refractivity contribution >= 4 is 6.08 Å². The first kappa shape index (κ1) is 9.50. The molecule has 0 fully saturated rings. The van der Waals surface area contributed by atoms with Gasteiger partial charge in [0.2, 0.25) is 0 Å². The highest BCUT2D eigenvalue weighted by Gasteiger charge is 1.88. The highest BCUT2D eigenvalue weighted by Crippen LogP contribution is 2.05. The molecule has 0 spiro atoms. The molecule has 0 aliphatic rings. The number of nitriles is 1. The van der Waals surface area contributed by atoms with E-state index in [1.807, 2.05) is 36.4 Å². The standard InChI is InChI=1S/C11H12N2/c12-8-2-1-3-10-4-6-11(9-13)7-5-10/h1,3-7H,2,9,13H2. The monoisotopic (exact) mass is 172 g/mol. The zero-order valence-corrected chi connectivity index (χ0v) is 7.40. The summed E-state index contributed by atoms with van der Waals surface area (Å²) in [5.74, 6) is 0. The number of rotatable bonds is 3. The van der Waals surface area contributed by atoms with Crippen LogP contribution in [0.2, 0.25) is 0 Å². The van der Waals surface area contributed by atoms with E-state index in [0.717, 1.165) is 11.1 Å². The van der Waals surface area contributed by atoms with Gasteiger partial charge in [-0.3, -0.25) is 0 Å². The Labute approximate surface area is 78.3 Å². The average Bonchev–Trinajstić information content (AvgIpc) is 2.19. The summed E-state index contributed by atoms with van der Waals surface area (Å²) in [7, 11) is 0. The normalized spacial score (nSPS) is 10.2. The number of hydrogen-bond acceptors (Lipinski definition) is 2. The third-order valence-electron chi connectivity index (χ3n) is 1.73. The van der Waals surface area contributed by atoms with Crippen molar-refractivity contribution in [3.63, 3.8) is 0 Å². The van der Waals surface area contributed by atoms with Gasteiger partial charge in [-0.2, -0.15) is 5.26 Å². The van der Waals surface area contributed by atoms with Gasteiger partial charge in [-0.25, -0.2) is 0 Å². The zero-order chi connectivity index (χ0) is 9.52. The summed E-state index contributed by atoms with van der Waals surface area (Å²) in [5, 5.41) is 8.31. The van der Waals surface area contributed by atoms with E-state index in [1.54, 1.807) is 0 Å². The molecule has 0 atom stereocenters. The van der Waals surface area contributed by atoms with Crippen molar-refractivity contribution in [3.8, 4) is 6.07 Å². The molecule has 0 radical (unpaired) electrons. The van der Waals surface area contributed by atoms with Gasteiger partial charge in [0.05, 0.1) is 12.5 Å². The number of nitrogens with two attached hydrogens (primary N) is 1. The third kappa shape index (κ3) is 3.10. The van der Waals surface area contributed by atoms with E-state index in [0.29, 0.717) is 13.0 Å². The van der Waals surface area contributed by atoms with Crippen LogP contribution in [0.3, 0.4) is 0 Å². The number of nitrogens with zero attached hydrogens (tertiary/aromatic N) is 1. The van der Waals surface area contributed by atoms with Gasteiger partial charge in [0.15, 0.2) is 0 Å². The summed E-state index contributed by atoms with van der Waals surface area (Å²) >= 11 is 0. The van der Waals surface area contributed by atoms with Gasteiger partial charge < -0.3 is 5.73 Å². The lowest BCUT2D eigenvalue weighted by Gasteiger charge is -1.96. The van der Waals surface area contributed by atoms with Crippen LogP contribution in [0, 0.1) is 11.3 Å². The summed E-state index contributed by atoms with van der Waals surface area (Å²) in [4.78, 5) is 0. The van der Waals surface area contributed by atoms with E-state index in [4.69, 9.17) is 11.0 Å². The summed E-state index contributed by atoms with van der Waals surface area (Å²) in [6, 6.07) is 10.0. The van der Waals surface area contributed by atoms with Crippen molar-refractivity contribution in [2.75, 3.05) is 0 Å². The van der Waals surface area contributed by atoms with E-state index in [9.17, 15) is 0 Å². The Morgan fingerprint density at radius 3 is 2.54 bits per heavy atom. The van der Waals surface area contributed by atoms with Gasteiger partial charge in [-0.15, -0.1) is 0 Å². The van der Waals surface area contributed by atoms with Crippen molar-refractivity contribution in [2.24, 2.45) is 5.73 Å². The van der Waals surface area contributed by atoms with E-state index < -0.39 is 0 Å². The van der Waals surface area contributed by atoms with Crippen LogP contribution in [-0.2, 0) is 6.54 Å². The Morgan fingerprint density at radius 1 is 1.31 bits per heavy atom. The third-order valence-corrected chi connectivity index (χ3v) is 1.73. The molecule has 2 nitrogen and oxygen atoms in total. The fourth-order valence-corrected chi connectivity index (χ4v) is 1.01. The van der Waals surface area contributed by atoms with E-state index in [1.165, 1.54) is 0 Å². The molecule has 0 unspecified atom stereocenters. The maximum absolute atomic E-state index is 8.31. The van der Waals surface area contributed by atoms with Crippen LogP contribution in [0.5, 0.6) is 0 Å². The van der Waals surface area contributed by atoms with Crippen molar-refractivity contribution in [1.29, 1.82) is 5.26 Å². The second kappa shape index (κ2) is 5.13. The first-order chi connectivity index (χ1) is 6.36. The lowest BCUT2D eigenvalue weighted by molar-refractivity contribution is 1.07. The van der Waals surface area contributed by atoms with Crippen molar-refractivity contribution in [3.05, 3.63) is 41.5 Å². The molecule has 0 aromatic heterocycles. The largest absolute Gasteiger partial charge is 0.326 e. The Kier molecular flexibility index (Phi) is 3.74. The minimum absolute atomic E-state index is 0.457. The van der Waals surface area contributed by atoms with Crippen LogP contribution in [0.1, 0.15) is 17.5 Å². The zero-order valence-electron chi connectivity index (χ0n) is 7.40. The SMILES string of the molecule is N#CCC=Cc1ccc(CN)cc1. The lowest BCUT2D eigenvalue weighted by Crippen LogP contribution is -1.94. The van der Waals surface area contributed by atoms with Crippen LogP contribution in [0.4, 0.5) is 0 Å². The summed E-state index contributed by atoms with van der Waals surface area (Å²) < 4.78 is 0. The molecule has 0 saturated heterocycles. The van der Waals surface area contributed by atoms with Gasteiger partial charge in [-0.1, -0.05) is 36.4 Å². The van der Waals surface area contributed by atoms with Crippen molar-refractivity contribution < 1.29 is 0 Å². The Bertz CT molecular complexity index is 317. The first-order valence-corrected chi connectivity index (χ1v) is 4.19. The number of allylic oxidation sites excluding steroid dienone is 1. The first-order valence-electron chi connectivity index (χ1n) is 4.19. The topological polar surface area (TPSA) is 49.8 Å². The van der Waals surface area contributed by atoms with Gasteiger partial charge >= 0.3 is 0 Å². The maximum atomic E-state index is 8.31. The molecule has 0 aliphatic heterocycles. The van der Waals surface area contributed by atoms with Crippen molar-refractivity contribution in [2.45, 2.75) is 13.0 Å². The molecule has 2 N–H and O–H groups in total. The van der Waals surface area contributed by atoms with Gasteiger partial charge in [-0.05, 0) is 11.1 Å². The van der Waals surface area contributed by atoms with Crippen LogP contribution in [0.25, 0.3) is 6.08 Å². The summed E-state index contributed by atoms with van der Waals surface area (Å²) in [6.07, 6.45) is 4.24. The molecule has 0 saturated carbocycles. The number of hydrogen-bond donors (Lipinski definition) is 1. The second-order valence-electron chi connectivity index (χ2n) is 2.71. The fourth-order valence-electron chi connectivity index (χ4n) is 1.01. The quantitative estimate of drug-likeness (QED) is 0.758. The molecular formula is C11H12N2. The molecule has 0 amide bonds. The predicted octanol–water partition coefficient (Wildman–Crippen LogP) is 2.07. The molecular weight excluding hydrogens is 160 g/mol. The van der Waals surface area contributed by atoms with Crippen LogP contribution >= 0.6 is 0 Å². The highest BCUT2D eigenvalue weighted by molar-refractivity contribution is 5.49. The molecule has 2 heteroatoms. The Hall–Kier alpha value is -1.59. The van der Waals surface area contributed by atoms with Crippen LogP contribution in [-0.4, -0.2) is 0 Å². The minimum Gasteiger partial charge on any atom is -0.326 e. The van der Waals surface area contributed by atoms with Crippen molar-refractivity contribution in [1.82, 2.24) is 0 Å². The van der Waals surface area contributed by atoms with Gasteiger partial charge in [0.1, 0.15) is 0 Å². The van der Waals surface area contributed by atoms with E-state index >= 15 is 0 Å². The predicted molar refractivity (Wildman–Crippen MR) is 53.6 cm³/mol. The van der Waals surface area contributed by atoms with E-state index in [-0.39, 0.29) is 0 Å². The average molecular weight is 172 g/mol. The highest BCUT2D eigenvalue weighted by atomic mass is 14.5. The maximum Gasteiger partial charge on any atom is 0.0663 e. The Morgan fingerprint density at radius 2 is 2.00 bits per heavy atom. The van der Waals surface area contributed by atoms with Crippen LogP contribution in [0.15, 0.2) is 30.3 Å². The van der Waals surface area contributed by atoms with Gasteiger partial charge in [0, 0.05) is 6.54 Å². The smallest absolute Gasteiger partial charge is 0.0663 e. The molecule has 1 aromatic rings. The second-order valence-corrected chi connectivity index (χ2v) is 2.71. The van der Waals surface area contributed by atoms with Crippen LogP contribution < -0.4 is 5.73 Å². The molecule has 0 aliphatic carbocycles. The molecule has 66 valence electrons. The summed E-state index contributed by atoms with van der Waals surface area (Å²) in [5.41, 5.74) is 7.69. The number of benzene rings is 1. The molecule has 0 bridgehead atoms. The van der Waals surface area contributed by atoms with Gasteiger partial charge in [0.25, 0.3) is 0 Å². The molecule has 1 aromatic carbocycles. The Balaban J connectivity index is 2.65. The fraction of sp³-hybridized carbons (Fsp3) is 0.182. The molecule has 0 heterocycles.